The topological polar surface area (TPSA) is 25.8 Å². The summed E-state index contributed by atoms with van der Waals surface area (Å²) >= 11 is 0. The number of hydrogen-bond acceptors (Lipinski definition) is 2. The Morgan fingerprint density at radius 3 is 1.18 bits per heavy atom. The van der Waals surface area contributed by atoms with E-state index in [1.54, 1.807) is 0 Å². The standard InChI is InChI=1S/C36H32N2/c1-21-15-25(23-7-11-37-12-8-23)17-31-33(21)27-19-30-28(20-29(27)35(31,3)4)34-22(2)16-26(18-32(34)36(30,5)6)24-9-13-38-14-10-24/h7-20H,1-6H3. The summed E-state index contributed by atoms with van der Waals surface area (Å²) in [5.41, 5.74) is 18.8. The van der Waals surface area contributed by atoms with Crippen LogP contribution in [-0.2, 0) is 10.8 Å². The Morgan fingerprint density at radius 2 is 0.816 bits per heavy atom. The zero-order valence-electron chi connectivity index (χ0n) is 23.0. The van der Waals surface area contributed by atoms with Crippen molar-refractivity contribution in [2.75, 3.05) is 0 Å². The van der Waals surface area contributed by atoms with E-state index in [1.807, 2.05) is 24.8 Å². The van der Waals surface area contributed by atoms with Crippen molar-refractivity contribution in [2.45, 2.75) is 52.4 Å². The predicted molar refractivity (Wildman–Crippen MR) is 158 cm³/mol. The highest BCUT2D eigenvalue weighted by atomic mass is 14.6. The van der Waals surface area contributed by atoms with Gasteiger partial charge in [0.15, 0.2) is 0 Å². The van der Waals surface area contributed by atoms with Gasteiger partial charge in [0.25, 0.3) is 0 Å². The van der Waals surface area contributed by atoms with E-state index >= 15 is 0 Å². The molecule has 0 N–H and O–H groups in total. The number of rotatable bonds is 2. The number of fused-ring (bicyclic) bond motifs is 6. The highest BCUT2D eigenvalue weighted by Crippen LogP contribution is 2.58. The van der Waals surface area contributed by atoms with Gasteiger partial charge in [-0.3, -0.25) is 9.97 Å². The smallest absolute Gasteiger partial charge is 0.0273 e. The second-order valence-corrected chi connectivity index (χ2v) is 12.1. The van der Waals surface area contributed by atoms with E-state index in [0.717, 1.165) is 0 Å². The SMILES string of the molecule is Cc1cc(-c2ccncc2)cc2c1-c1cc3c(cc1C2(C)C)-c1c(C)cc(-c2ccncc2)cc1C3(C)C. The minimum atomic E-state index is -0.0781. The van der Waals surface area contributed by atoms with E-state index in [2.05, 4.69) is 112 Å². The zero-order chi connectivity index (χ0) is 26.4. The molecule has 186 valence electrons. The lowest BCUT2D eigenvalue weighted by atomic mass is 9.79. The van der Waals surface area contributed by atoms with E-state index in [0.29, 0.717) is 0 Å². The molecule has 0 bridgehead atoms. The van der Waals surface area contributed by atoms with Crippen molar-refractivity contribution in [2.24, 2.45) is 0 Å². The van der Waals surface area contributed by atoms with Gasteiger partial charge in [-0.25, -0.2) is 0 Å². The van der Waals surface area contributed by atoms with Crippen molar-refractivity contribution in [3.05, 3.63) is 119 Å². The van der Waals surface area contributed by atoms with Gasteiger partial charge in [0, 0.05) is 35.6 Å². The fraction of sp³-hybridized carbons (Fsp3) is 0.222. The monoisotopic (exact) mass is 492 g/mol. The third kappa shape index (κ3) is 3.07. The average molecular weight is 493 g/mol. The second kappa shape index (κ2) is 7.74. The summed E-state index contributed by atoms with van der Waals surface area (Å²) < 4.78 is 0. The van der Waals surface area contributed by atoms with Crippen LogP contribution in [-0.4, -0.2) is 9.97 Å². The van der Waals surface area contributed by atoms with Crippen LogP contribution in [0.4, 0.5) is 0 Å². The molecule has 2 aliphatic carbocycles. The molecule has 0 amide bonds. The summed E-state index contributed by atoms with van der Waals surface area (Å²) in [5.74, 6) is 0. The van der Waals surface area contributed by atoms with Crippen molar-refractivity contribution in [3.8, 4) is 44.5 Å². The summed E-state index contributed by atoms with van der Waals surface area (Å²) in [6, 6.07) is 23.0. The van der Waals surface area contributed by atoms with Crippen molar-refractivity contribution in [1.82, 2.24) is 9.97 Å². The van der Waals surface area contributed by atoms with Gasteiger partial charge in [-0.1, -0.05) is 39.8 Å². The summed E-state index contributed by atoms with van der Waals surface area (Å²) in [5, 5.41) is 0. The van der Waals surface area contributed by atoms with E-state index in [4.69, 9.17) is 0 Å². The molecule has 3 aromatic carbocycles. The molecule has 0 spiro atoms. The lowest BCUT2D eigenvalue weighted by Crippen LogP contribution is -2.17. The van der Waals surface area contributed by atoms with E-state index in [-0.39, 0.29) is 10.8 Å². The molecule has 0 saturated heterocycles. The summed E-state index contributed by atoms with van der Waals surface area (Å²) in [6.45, 7) is 14.1. The normalized spacial score (nSPS) is 15.5. The number of benzene rings is 3. The average Bonchev–Trinajstić information content (AvgIpc) is 3.28. The summed E-state index contributed by atoms with van der Waals surface area (Å²) in [6.07, 6.45) is 7.52. The lowest BCUT2D eigenvalue weighted by Gasteiger charge is -2.24. The number of nitrogens with zero attached hydrogens (tertiary/aromatic N) is 2. The number of hydrogen-bond donors (Lipinski definition) is 0. The first-order valence-corrected chi connectivity index (χ1v) is 13.5. The van der Waals surface area contributed by atoms with Gasteiger partial charge in [-0.2, -0.15) is 0 Å². The first-order chi connectivity index (χ1) is 18.2. The molecule has 0 atom stereocenters. The molecule has 0 fully saturated rings. The molecule has 0 saturated carbocycles. The third-order valence-electron chi connectivity index (χ3n) is 9.09. The molecule has 38 heavy (non-hydrogen) atoms. The third-order valence-corrected chi connectivity index (χ3v) is 9.09. The molecule has 7 rings (SSSR count). The van der Waals surface area contributed by atoms with Crippen LogP contribution in [0.15, 0.2) is 85.5 Å². The lowest BCUT2D eigenvalue weighted by molar-refractivity contribution is 0.652. The predicted octanol–water partition coefficient (Wildman–Crippen LogP) is 9.04. The minimum Gasteiger partial charge on any atom is -0.265 e. The molecule has 2 aliphatic rings. The molecule has 2 nitrogen and oxygen atoms in total. The number of aromatic nitrogens is 2. The van der Waals surface area contributed by atoms with Gasteiger partial charge in [0.05, 0.1) is 0 Å². The van der Waals surface area contributed by atoms with E-state index in [9.17, 15) is 0 Å². The van der Waals surface area contributed by atoms with Gasteiger partial charge in [0.1, 0.15) is 0 Å². The van der Waals surface area contributed by atoms with Crippen LogP contribution in [0.3, 0.4) is 0 Å². The van der Waals surface area contributed by atoms with Crippen LogP contribution in [0.1, 0.15) is 61.1 Å². The Bertz CT molecular complexity index is 1630. The van der Waals surface area contributed by atoms with Crippen LogP contribution < -0.4 is 0 Å². The Labute approximate surface area is 225 Å². The molecular weight excluding hydrogens is 460 g/mol. The molecule has 2 aromatic heterocycles. The van der Waals surface area contributed by atoms with Crippen LogP contribution in [0.5, 0.6) is 0 Å². The highest BCUT2D eigenvalue weighted by Gasteiger charge is 2.42. The maximum atomic E-state index is 4.22. The largest absolute Gasteiger partial charge is 0.265 e. The highest BCUT2D eigenvalue weighted by molar-refractivity contribution is 5.93. The van der Waals surface area contributed by atoms with Crippen LogP contribution in [0.25, 0.3) is 44.5 Å². The van der Waals surface area contributed by atoms with Gasteiger partial charge >= 0.3 is 0 Å². The molecular formula is C36H32N2. The first-order valence-electron chi connectivity index (χ1n) is 13.5. The van der Waals surface area contributed by atoms with Crippen LogP contribution >= 0.6 is 0 Å². The fourth-order valence-corrected chi connectivity index (χ4v) is 7.03. The number of pyridine rings is 2. The summed E-state index contributed by atoms with van der Waals surface area (Å²) in [4.78, 5) is 8.44. The molecule has 0 aliphatic heterocycles. The van der Waals surface area contributed by atoms with Crippen LogP contribution in [0.2, 0.25) is 0 Å². The second-order valence-electron chi connectivity index (χ2n) is 12.1. The minimum absolute atomic E-state index is 0.0781. The van der Waals surface area contributed by atoms with Crippen molar-refractivity contribution in [1.29, 1.82) is 0 Å². The van der Waals surface area contributed by atoms with Gasteiger partial charge in [-0.15, -0.1) is 0 Å². The Kier molecular flexibility index (Phi) is 4.70. The molecule has 0 radical (unpaired) electrons. The zero-order valence-corrected chi connectivity index (χ0v) is 23.0. The first kappa shape index (κ1) is 23.1. The summed E-state index contributed by atoms with van der Waals surface area (Å²) in [7, 11) is 0. The van der Waals surface area contributed by atoms with E-state index in [1.165, 1.54) is 77.9 Å². The fourth-order valence-electron chi connectivity index (χ4n) is 7.03. The molecule has 2 heterocycles. The molecule has 0 unspecified atom stereocenters. The maximum absolute atomic E-state index is 4.22. The Morgan fingerprint density at radius 1 is 0.447 bits per heavy atom. The molecule has 5 aromatic rings. The molecule has 2 heteroatoms. The van der Waals surface area contributed by atoms with Crippen molar-refractivity contribution >= 4 is 0 Å². The maximum Gasteiger partial charge on any atom is 0.0273 e. The van der Waals surface area contributed by atoms with Crippen molar-refractivity contribution in [3.63, 3.8) is 0 Å². The number of aryl methyl sites for hydroxylation is 2. The quantitative estimate of drug-likeness (QED) is 0.246. The van der Waals surface area contributed by atoms with Crippen molar-refractivity contribution < 1.29 is 0 Å². The Hall–Kier alpha value is -4.04. The Balaban J connectivity index is 1.44. The van der Waals surface area contributed by atoms with Crippen LogP contribution in [0, 0.1) is 13.8 Å². The van der Waals surface area contributed by atoms with E-state index < -0.39 is 0 Å². The van der Waals surface area contributed by atoms with Gasteiger partial charge in [0.2, 0.25) is 0 Å². The van der Waals surface area contributed by atoms with Gasteiger partial charge < -0.3 is 0 Å². The van der Waals surface area contributed by atoms with Gasteiger partial charge in [-0.05, 0) is 140 Å².